The Morgan fingerprint density at radius 2 is 1.52 bits per heavy atom. The summed E-state index contributed by atoms with van der Waals surface area (Å²) in [5.74, 6) is -0.0527. The number of hydrogen-bond acceptors (Lipinski definition) is 3. The second-order valence-electron chi connectivity index (χ2n) is 8.49. The van der Waals surface area contributed by atoms with Gasteiger partial charge in [0.05, 0.1) is 0 Å². The third-order valence-corrected chi connectivity index (χ3v) is 5.20. The molecule has 2 aromatic carbocycles. The predicted octanol–water partition coefficient (Wildman–Crippen LogP) is 2.68. The fraction of sp³-hybridized carbons (Fsp3) is 0.435. The van der Waals surface area contributed by atoms with Gasteiger partial charge in [0.15, 0.2) is 0 Å². The average Bonchev–Trinajstić information content (AvgIpc) is 2.72. The average molecular weight is 396 g/mol. The molecular weight excluding hydrogens is 366 g/mol. The lowest BCUT2D eigenvalue weighted by molar-refractivity contribution is -0.144. The van der Waals surface area contributed by atoms with Crippen LogP contribution in [0.4, 0.5) is 0 Å². The third kappa shape index (κ3) is 5.13. The van der Waals surface area contributed by atoms with Crippen molar-refractivity contribution in [2.75, 3.05) is 32.7 Å². The summed E-state index contributed by atoms with van der Waals surface area (Å²) in [5.41, 5.74) is 0.185. The first-order valence-corrected chi connectivity index (χ1v) is 10.1. The van der Waals surface area contributed by atoms with E-state index in [1.54, 1.807) is 11.0 Å². The number of amides is 3. The van der Waals surface area contributed by atoms with Gasteiger partial charge in [0.1, 0.15) is 0 Å². The molecule has 1 N–H and O–H groups in total. The van der Waals surface area contributed by atoms with Gasteiger partial charge in [-0.1, -0.05) is 51.1 Å². The summed E-state index contributed by atoms with van der Waals surface area (Å²) in [5, 5.41) is 4.93. The molecule has 1 aliphatic rings. The molecular formula is C23H29N3O3. The van der Waals surface area contributed by atoms with E-state index in [-0.39, 0.29) is 24.1 Å². The van der Waals surface area contributed by atoms with E-state index < -0.39 is 5.41 Å². The van der Waals surface area contributed by atoms with E-state index in [9.17, 15) is 14.4 Å². The van der Waals surface area contributed by atoms with Crippen LogP contribution in [-0.2, 0) is 9.59 Å². The Morgan fingerprint density at radius 3 is 2.17 bits per heavy atom. The lowest BCUT2D eigenvalue weighted by Gasteiger charge is -2.37. The van der Waals surface area contributed by atoms with Crippen molar-refractivity contribution in [3.63, 3.8) is 0 Å². The van der Waals surface area contributed by atoms with E-state index in [1.807, 2.05) is 62.1 Å². The van der Waals surface area contributed by atoms with Gasteiger partial charge >= 0.3 is 0 Å². The molecule has 0 saturated carbocycles. The lowest BCUT2D eigenvalue weighted by Crippen LogP contribution is -2.53. The van der Waals surface area contributed by atoms with Crippen LogP contribution in [0.25, 0.3) is 10.8 Å². The molecule has 6 heteroatoms. The number of rotatable bonds is 4. The van der Waals surface area contributed by atoms with Crippen LogP contribution < -0.4 is 5.32 Å². The Bertz CT molecular complexity index is 909. The molecule has 0 unspecified atom stereocenters. The van der Waals surface area contributed by atoms with Crippen molar-refractivity contribution in [1.29, 1.82) is 0 Å². The largest absolute Gasteiger partial charge is 0.352 e. The SMILES string of the molecule is CC(C)(C)C(=O)N1CCN(C(=O)CCNC(=O)c2ccc3ccccc3c2)CC1. The molecule has 1 aliphatic heterocycles. The zero-order valence-electron chi connectivity index (χ0n) is 17.4. The first kappa shape index (κ1) is 20.8. The van der Waals surface area contributed by atoms with Crippen LogP contribution in [0, 0.1) is 5.41 Å². The summed E-state index contributed by atoms with van der Waals surface area (Å²) in [6, 6.07) is 13.5. The van der Waals surface area contributed by atoms with Gasteiger partial charge in [-0.25, -0.2) is 0 Å². The Balaban J connectivity index is 1.45. The lowest BCUT2D eigenvalue weighted by atomic mass is 9.94. The number of benzene rings is 2. The number of carbonyl (C=O) groups is 3. The van der Waals surface area contributed by atoms with Gasteiger partial charge in [-0.2, -0.15) is 0 Å². The van der Waals surface area contributed by atoms with E-state index >= 15 is 0 Å². The molecule has 0 spiro atoms. The van der Waals surface area contributed by atoms with Crippen LogP contribution in [0.1, 0.15) is 37.6 Å². The molecule has 3 rings (SSSR count). The molecule has 0 atom stereocenters. The minimum atomic E-state index is -0.404. The van der Waals surface area contributed by atoms with Gasteiger partial charge in [-0.05, 0) is 22.9 Å². The van der Waals surface area contributed by atoms with E-state index in [0.717, 1.165) is 10.8 Å². The summed E-state index contributed by atoms with van der Waals surface area (Å²) < 4.78 is 0. The standard InChI is InChI=1S/C23H29N3O3/c1-23(2,3)22(29)26-14-12-25(13-15-26)20(27)10-11-24-21(28)19-9-8-17-6-4-5-7-18(17)16-19/h4-9,16H,10-15H2,1-3H3,(H,24,28). The van der Waals surface area contributed by atoms with E-state index in [1.165, 1.54) is 0 Å². The minimum absolute atomic E-state index is 0.00618. The highest BCUT2D eigenvalue weighted by atomic mass is 16.2. The Labute approximate surface area is 171 Å². The van der Waals surface area contributed by atoms with Crippen LogP contribution in [0.5, 0.6) is 0 Å². The van der Waals surface area contributed by atoms with Gasteiger partial charge in [0.25, 0.3) is 5.91 Å². The molecule has 0 radical (unpaired) electrons. The summed E-state index contributed by atoms with van der Waals surface area (Å²) in [4.78, 5) is 40.7. The van der Waals surface area contributed by atoms with E-state index in [0.29, 0.717) is 38.3 Å². The van der Waals surface area contributed by atoms with Crippen molar-refractivity contribution in [2.24, 2.45) is 5.41 Å². The van der Waals surface area contributed by atoms with Crippen LogP contribution in [0.2, 0.25) is 0 Å². The molecule has 0 bridgehead atoms. The molecule has 0 aromatic heterocycles. The smallest absolute Gasteiger partial charge is 0.251 e. The number of hydrogen-bond donors (Lipinski definition) is 1. The zero-order chi connectivity index (χ0) is 21.0. The van der Waals surface area contributed by atoms with Crippen molar-refractivity contribution < 1.29 is 14.4 Å². The quantitative estimate of drug-likeness (QED) is 0.865. The molecule has 3 amide bonds. The Hall–Kier alpha value is -2.89. The van der Waals surface area contributed by atoms with Gasteiger partial charge in [0, 0.05) is 50.1 Å². The number of nitrogens with zero attached hydrogens (tertiary/aromatic N) is 2. The summed E-state index contributed by atoms with van der Waals surface area (Å²) in [6.07, 6.45) is 0.256. The maximum atomic E-state index is 12.4. The van der Waals surface area contributed by atoms with Crippen molar-refractivity contribution in [2.45, 2.75) is 27.2 Å². The number of fused-ring (bicyclic) bond motifs is 1. The van der Waals surface area contributed by atoms with Crippen LogP contribution in [-0.4, -0.2) is 60.2 Å². The highest BCUT2D eigenvalue weighted by Gasteiger charge is 2.30. The second kappa shape index (κ2) is 8.64. The number of carbonyl (C=O) groups excluding carboxylic acids is 3. The first-order valence-electron chi connectivity index (χ1n) is 10.1. The topological polar surface area (TPSA) is 69.7 Å². The monoisotopic (exact) mass is 395 g/mol. The minimum Gasteiger partial charge on any atom is -0.352 e. The molecule has 2 aromatic rings. The van der Waals surface area contributed by atoms with Gasteiger partial charge in [0.2, 0.25) is 11.8 Å². The fourth-order valence-corrected chi connectivity index (χ4v) is 3.51. The second-order valence-corrected chi connectivity index (χ2v) is 8.49. The maximum absolute atomic E-state index is 12.4. The first-order chi connectivity index (χ1) is 13.8. The fourth-order valence-electron chi connectivity index (χ4n) is 3.51. The predicted molar refractivity (Wildman–Crippen MR) is 114 cm³/mol. The molecule has 1 fully saturated rings. The number of piperazine rings is 1. The van der Waals surface area contributed by atoms with Crippen molar-refractivity contribution in [3.8, 4) is 0 Å². The van der Waals surface area contributed by atoms with Crippen LogP contribution >= 0.6 is 0 Å². The van der Waals surface area contributed by atoms with Crippen molar-refractivity contribution in [1.82, 2.24) is 15.1 Å². The van der Waals surface area contributed by atoms with Crippen LogP contribution in [0.15, 0.2) is 42.5 Å². The van der Waals surface area contributed by atoms with Gasteiger partial charge in [-0.15, -0.1) is 0 Å². The molecule has 29 heavy (non-hydrogen) atoms. The molecule has 154 valence electrons. The number of nitrogens with one attached hydrogen (secondary N) is 1. The summed E-state index contributed by atoms with van der Waals surface area (Å²) >= 11 is 0. The molecule has 1 saturated heterocycles. The van der Waals surface area contributed by atoms with E-state index in [4.69, 9.17) is 0 Å². The highest BCUT2D eigenvalue weighted by Crippen LogP contribution is 2.19. The normalized spacial score (nSPS) is 14.7. The van der Waals surface area contributed by atoms with E-state index in [2.05, 4.69) is 5.32 Å². The highest BCUT2D eigenvalue weighted by molar-refractivity contribution is 5.98. The Morgan fingerprint density at radius 1 is 0.897 bits per heavy atom. The van der Waals surface area contributed by atoms with Gasteiger partial charge in [-0.3, -0.25) is 14.4 Å². The van der Waals surface area contributed by atoms with Crippen molar-refractivity contribution in [3.05, 3.63) is 48.0 Å². The Kier molecular flexibility index (Phi) is 6.20. The molecule has 0 aliphatic carbocycles. The summed E-state index contributed by atoms with van der Waals surface area (Å²) in [7, 11) is 0. The van der Waals surface area contributed by atoms with Crippen molar-refractivity contribution >= 4 is 28.5 Å². The van der Waals surface area contributed by atoms with Gasteiger partial charge < -0.3 is 15.1 Å². The zero-order valence-corrected chi connectivity index (χ0v) is 17.4. The van der Waals surface area contributed by atoms with Crippen LogP contribution in [0.3, 0.4) is 0 Å². The summed E-state index contributed by atoms with van der Waals surface area (Å²) in [6.45, 7) is 8.22. The third-order valence-electron chi connectivity index (χ3n) is 5.20. The molecule has 6 nitrogen and oxygen atoms in total. The molecule has 1 heterocycles. The maximum Gasteiger partial charge on any atom is 0.251 e.